The van der Waals surface area contributed by atoms with Gasteiger partial charge in [-0.05, 0) is 12.1 Å². The van der Waals surface area contributed by atoms with Crippen LogP contribution in [-0.2, 0) is 16.6 Å². The molecule has 3 N–H and O–H groups in total. The van der Waals surface area contributed by atoms with E-state index >= 15 is 0 Å². The van der Waals surface area contributed by atoms with Gasteiger partial charge in [0.15, 0.2) is 5.03 Å². The molecule has 0 amide bonds. The molecule has 0 unspecified atom stereocenters. The molecule has 0 bridgehead atoms. The molecule has 2 aromatic rings. The summed E-state index contributed by atoms with van der Waals surface area (Å²) >= 11 is 1.37. The van der Waals surface area contributed by atoms with E-state index in [0.717, 1.165) is 9.75 Å². The van der Waals surface area contributed by atoms with Crippen LogP contribution in [0.25, 0.3) is 0 Å². The minimum atomic E-state index is -3.56. The minimum Gasteiger partial charge on any atom is -0.384 e. The third-order valence-electron chi connectivity index (χ3n) is 2.15. The normalized spacial score (nSPS) is 11.0. The van der Waals surface area contributed by atoms with Crippen molar-refractivity contribution in [2.24, 2.45) is 0 Å². The van der Waals surface area contributed by atoms with E-state index in [-0.39, 0.29) is 18.2 Å². The number of sulfonamides is 1. The number of aromatic amines is 1. The second-order valence-corrected chi connectivity index (χ2v) is 6.37. The lowest BCUT2D eigenvalue weighted by Crippen LogP contribution is -2.23. The lowest BCUT2D eigenvalue weighted by molar-refractivity contribution is 0.350. The first-order chi connectivity index (χ1) is 9.12. The highest BCUT2D eigenvalue weighted by molar-refractivity contribution is 7.89. The van der Waals surface area contributed by atoms with Gasteiger partial charge in [0.25, 0.3) is 10.0 Å². The van der Waals surface area contributed by atoms with Crippen LogP contribution in [0.3, 0.4) is 0 Å². The van der Waals surface area contributed by atoms with Gasteiger partial charge in [-0.2, -0.15) is 0 Å². The molecule has 8 heteroatoms. The summed E-state index contributed by atoms with van der Waals surface area (Å²) in [6.45, 7) is -0.00743. The molecule has 19 heavy (non-hydrogen) atoms. The third kappa shape index (κ3) is 3.65. The number of nitrogens with one attached hydrogen (secondary N) is 2. The Bertz CT molecular complexity index is 693. The molecule has 0 spiro atoms. The Kier molecular flexibility index (Phi) is 4.34. The lowest BCUT2D eigenvalue weighted by Gasteiger charge is -2.02. The van der Waals surface area contributed by atoms with Crippen LogP contribution < -0.4 is 4.72 Å². The maximum Gasteiger partial charge on any atom is 0.257 e. The van der Waals surface area contributed by atoms with Crippen LogP contribution in [0, 0.1) is 11.8 Å². The zero-order valence-electron chi connectivity index (χ0n) is 9.75. The zero-order chi connectivity index (χ0) is 13.7. The van der Waals surface area contributed by atoms with Gasteiger partial charge >= 0.3 is 0 Å². The fourth-order valence-electron chi connectivity index (χ4n) is 1.30. The van der Waals surface area contributed by atoms with Crippen molar-refractivity contribution < 1.29 is 13.5 Å². The van der Waals surface area contributed by atoms with Crippen LogP contribution in [-0.4, -0.2) is 30.1 Å². The fraction of sp³-hybridized carbons (Fsp3) is 0.182. The Labute approximate surface area is 114 Å². The smallest absolute Gasteiger partial charge is 0.257 e. The summed E-state index contributed by atoms with van der Waals surface area (Å²) in [5, 5.41) is 8.61. The molecule has 0 aliphatic rings. The Morgan fingerprint density at radius 3 is 3.00 bits per heavy atom. The molecule has 100 valence electrons. The van der Waals surface area contributed by atoms with Gasteiger partial charge in [-0.1, -0.05) is 11.8 Å². The average Bonchev–Trinajstić information content (AvgIpc) is 3.05. The Morgan fingerprint density at radius 2 is 2.32 bits per heavy atom. The van der Waals surface area contributed by atoms with Gasteiger partial charge in [-0.3, -0.25) is 0 Å². The van der Waals surface area contributed by atoms with E-state index in [1.165, 1.54) is 23.9 Å². The fourth-order valence-corrected chi connectivity index (χ4v) is 3.12. The second-order valence-electron chi connectivity index (χ2n) is 3.47. The van der Waals surface area contributed by atoms with Crippen LogP contribution in [0.2, 0.25) is 0 Å². The van der Waals surface area contributed by atoms with Crippen LogP contribution in [0.5, 0.6) is 0 Å². The monoisotopic (exact) mass is 297 g/mol. The molecule has 0 radical (unpaired) electrons. The molecule has 2 heterocycles. The predicted octanol–water partition coefficient (Wildman–Crippen LogP) is 0.294. The highest BCUT2D eigenvalue weighted by Gasteiger charge is 2.15. The summed E-state index contributed by atoms with van der Waals surface area (Å²) in [4.78, 5) is 7.83. The number of hydrogen-bond acceptors (Lipinski definition) is 5. The van der Waals surface area contributed by atoms with Gasteiger partial charge in [0.05, 0.1) is 17.4 Å². The van der Waals surface area contributed by atoms with Crippen molar-refractivity contribution in [1.29, 1.82) is 0 Å². The van der Waals surface area contributed by atoms with Crippen molar-refractivity contribution >= 4 is 21.4 Å². The number of rotatable bonds is 4. The average molecular weight is 297 g/mol. The number of aromatic nitrogens is 2. The maximum atomic E-state index is 11.8. The second kappa shape index (κ2) is 5.99. The highest BCUT2D eigenvalue weighted by Crippen LogP contribution is 2.16. The van der Waals surface area contributed by atoms with E-state index in [1.54, 1.807) is 12.1 Å². The van der Waals surface area contributed by atoms with Crippen molar-refractivity contribution in [3.05, 3.63) is 34.4 Å². The van der Waals surface area contributed by atoms with Crippen LogP contribution in [0.15, 0.2) is 29.7 Å². The summed E-state index contributed by atoms with van der Waals surface area (Å²) in [7, 11) is -3.56. The van der Waals surface area contributed by atoms with E-state index in [2.05, 4.69) is 26.5 Å². The van der Waals surface area contributed by atoms with Crippen LogP contribution >= 0.6 is 11.3 Å². The van der Waals surface area contributed by atoms with E-state index in [1.807, 2.05) is 0 Å². The number of thiophene rings is 1. The minimum absolute atomic E-state index is 0.0318. The Balaban J connectivity index is 2.01. The number of aliphatic hydroxyl groups is 1. The summed E-state index contributed by atoms with van der Waals surface area (Å²) < 4.78 is 26.1. The summed E-state index contributed by atoms with van der Waals surface area (Å²) in [5.74, 6) is 5.30. The predicted molar refractivity (Wildman–Crippen MR) is 70.9 cm³/mol. The van der Waals surface area contributed by atoms with E-state index in [9.17, 15) is 8.42 Å². The van der Waals surface area contributed by atoms with Gasteiger partial charge in [-0.25, -0.2) is 18.1 Å². The summed E-state index contributed by atoms with van der Waals surface area (Å²) in [6.07, 6.45) is 2.55. The number of H-pyrrole nitrogens is 1. The molecule has 0 atom stereocenters. The number of hydrogen-bond donors (Lipinski definition) is 3. The summed E-state index contributed by atoms with van der Waals surface area (Å²) in [5.41, 5.74) is 0. The summed E-state index contributed by atoms with van der Waals surface area (Å²) in [6, 6.07) is 3.58. The van der Waals surface area contributed by atoms with Gasteiger partial charge in [-0.15, -0.1) is 11.3 Å². The molecule has 0 saturated heterocycles. The molecular formula is C11H11N3O3S2. The van der Waals surface area contributed by atoms with Crippen LogP contribution in [0.4, 0.5) is 0 Å². The Hall–Kier alpha value is -1.66. The highest BCUT2D eigenvalue weighted by atomic mass is 32.2. The first-order valence-corrected chi connectivity index (χ1v) is 7.58. The SMILES string of the molecule is O=S(=O)(NCc1ccc(C#CCO)s1)c1cnc[nH]1. The van der Waals surface area contributed by atoms with E-state index in [4.69, 9.17) is 5.11 Å². The number of nitrogens with zero attached hydrogens (tertiary/aromatic N) is 1. The maximum absolute atomic E-state index is 11.8. The first kappa shape index (κ1) is 13.8. The van der Waals surface area contributed by atoms with Gasteiger partial charge < -0.3 is 10.1 Å². The van der Waals surface area contributed by atoms with E-state index in [0.29, 0.717) is 0 Å². The number of aliphatic hydroxyl groups excluding tert-OH is 1. The molecule has 2 aromatic heterocycles. The Morgan fingerprint density at radius 1 is 1.47 bits per heavy atom. The van der Waals surface area contributed by atoms with Crippen molar-refractivity contribution in [2.45, 2.75) is 11.6 Å². The molecule has 2 rings (SSSR count). The molecule has 0 fully saturated rings. The lowest BCUT2D eigenvalue weighted by atomic mass is 10.4. The van der Waals surface area contributed by atoms with Gasteiger partial charge in [0.2, 0.25) is 0 Å². The van der Waals surface area contributed by atoms with Gasteiger partial charge in [0, 0.05) is 11.4 Å². The first-order valence-electron chi connectivity index (χ1n) is 5.28. The third-order valence-corrected chi connectivity index (χ3v) is 4.48. The molecule has 0 saturated carbocycles. The van der Waals surface area contributed by atoms with Crippen molar-refractivity contribution in [1.82, 2.24) is 14.7 Å². The standard InChI is InChI=1S/C11H11N3O3S2/c15-5-1-2-9-3-4-10(18-9)6-14-19(16,17)11-7-12-8-13-11/h3-4,7-8,14-15H,5-6H2,(H,12,13). The quantitative estimate of drug-likeness (QED) is 0.707. The van der Waals surface area contributed by atoms with Crippen LogP contribution in [0.1, 0.15) is 9.75 Å². The largest absolute Gasteiger partial charge is 0.384 e. The van der Waals surface area contributed by atoms with Gasteiger partial charge in [0.1, 0.15) is 6.61 Å². The van der Waals surface area contributed by atoms with Crippen molar-refractivity contribution in [3.63, 3.8) is 0 Å². The molecular weight excluding hydrogens is 286 g/mol. The zero-order valence-corrected chi connectivity index (χ0v) is 11.4. The molecule has 0 aliphatic heterocycles. The molecule has 0 aliphatic carbocycles. The topological polar surface area (TPSA) is 95.1 Å². The van der Waals surface area contributed by atoms with Crippen molar-refractivity contribution in [3.8, 4) is 11.8 Å². The molecule has 6 nitrogen and oxygen atoms in total. The van der Waals surface area contributed by atoms with E-state index < -0.39 is 10.0 Å². The number of imidazole rings is 1. The van der Waals surface area contributed by atoms with Crippen molar-refractivity contribution in [2.75, 3.05) is 6.61 Å². The molecule has 0 aromatic carbocycles.